The topological polar surface area (TPSA) is 69.4 Å². The number of ether oxygens (including phenoxy) is 1. The summed E-state index contributed by atoms with van der Waals surface area (Å²) in [5.74, 6) is 0.777. The molecule has 0 aromatic rings. The molecule has 0 bridgehead atoms. The van der Waals surface area contributed by atoms with Gasteiger partial charge >= 0.3 is 0 Å². The third-order valence-electron chi connectivity index (χ3n) is 11.9. The number of carbonyl (C=O) groups is 2. The summed E-state index contributed by atoms with van der Waals surface area (Å²) in [6.07, 6.45) is 14.9. The molecule has 5 aliphatic rings. The van der Waals surface area contributed by atoms with Gasteiger partial charge in [-0.05, 0) is 97.7 Å². The molecule has 0 aromatic heterocycles. The number of primary amides is 1. The minimum absolute atomic E-state index is 0.0138. The van der Waals surface area contributed by atoms with Crippen LogP contribution in [-0.4, -0.2) is 18.8 Å². The number of fused-ring (bicyclic) bond motifs is 7. The highest BCUT2D eigenvalue weighted by atomic mass is 16.5. The summed E-state index contributed by atoms with van der Waals surface area (Å²) in [4.78, 5) is 25.6. The minimum Gasteiger partial charge on any atom is -0.492 e. The van der Waals surface area contributed by atoms with E-state index in [0.29, 0.717) is 11.7 Å². The first-order valence-corrected chi connectivity index (χ1v) is 13.6. The predicted molar refractivity (Wildman–Crippen MR) is 139 cm³/mol. The lowest BCUT2D eigenvalue weighted by atomic mass is 9.33. The van der Waals surface area contributed by atoms with Crippen molar-refractivity contribution in [2.45, 2.75) is 92.9 Å². The molecule has 190 valence electrons. The minimum atomic E-state index is -0.420. The molecule has 3 fully saturated rings. The van der Waals surface area contributed by atoms with Crippen LogP contribution in [0.15, 0.2) is 46.3 Å². The van der Waals surface area contributed by atoms with Crippen LogP contribution in [0.25, 0.3) is 0 Å². The molecule has 5 rings (SSSR count). The van der Waals surface area contributed by atoms with Crippen molar-refractivity contribution in [1.82, 2.24) is 0 Å². The van der Waals surface area contributed by atoms with Crippen LogP contribution >= 0.6 is 0 Å². The Labute approximate surface area is 211 Å². The Morgan fingerprint density at radius 2 is 1.74 bits per heavy atom. The maximum atomic E-state index is 13.0. The van der Waals surface area contributed by atoms with E-state index < -0.39 is 5.41 Å². The maximum absolute atomic E-state index is 13.0. The Hall–Kier alpha value is -2.10. The number of nitrogens with two attached hydrogens (primary N) is 1. The van der Waals surface area contributed by atoms with Crippen molar-refractivity contribution in [3.05, 3.63) is 46.3 Å². The fourth-order valence-electron chi connectivity index (χ4n) is 9.49. The lowest BCUT2D eigenvalue weighted by molar-refractivity contribution is -0.176. The zero-order chi connectivity index (χ0) is 25.6. The highest BCUT2D eigenvalue weighted by molar-refractivity contribution is 6.07. The Morgan fingerprint density at radius 1 is 1.06 bits per heavy atom. The van der Waals surface area contributed by atoms with E-state index in [0.717, 1.165) is 56.1 Å². The Morgan fingerprint density at radius 3 is 2.37 bits per heavy atom. The second kappa shape index (κ2) is 7.46. The fourth-order valence-corrected chi connectivity index (χ4v) is 9.49. The highest BCUT2D eigenvalue weighted by Crippen LogP contribution is 2.76. The summed E-state index contributed by atoms with van der Waals surface area (Å²) < 4.78 is 5.47. The second-order valence-electron chi connectivity index (χ2n) is 13.3. The average Bonchev–Trinajstić information content (AvgIpc) is 2.81. The van der Waals surface area contributed by atoms with Gasteiger partial charge in [-0.1, -0.05) is 52.3 Å². The number of rotatable bonds is 3. The summed E-state index contributed by atoms with van der Waals surface area (Å²) >= 11 is 0. The van der Waals surface area contributed by atoms with E-state index in [1.54, 1.807) is 7.11 Å². The van der Waals surface area contributed by atoms with Crippen LogP contribution in [0, 0.1) is 33.0 Å². The lowest BCUT2D eigenvalue weighted by Crippen LogP contribution is -2.63. The standard InChI is InChI=1S/C31H43NO3/c1-8-31-16-14-29(5)21-17-22(33)25(35-7)19(2)20(21)9-10-23(29)30(31,6)15-13-27(3)11-12-28(4,26(32)34)18-24(27)31/h9-10,17,24H,8,11-16,18H2,1-7H3,(H2,32,34)/t24-,27-,28-,29+,30-,31+/m1/s1. The van der Waals surface area contributed by atoms with Crippen molar-refractivity contribution in [1.29, 1.82) is 0 Å². The van der Waals surface area contributed by atoms with Gasteiger partial charge < -0.3 is 10.5 Å². The van der Waals surface area contributed by atoms with Crippen LogP contribution in [0.3, 0.4) is 0 Å². The molecule has 0 aromatic carbocycles. The number of carbonyl (C=O) groups excluding carboxylic acids is 2. The van der Waals surface area contributed by atoms with Crippen molar-refractivity contribution >= 4 is 11.7 Å². The van der Waals surface area contributed by atoms with Crippen molar-refractivity contribution in [3.8, 4) is 0 Å². The fraction of sp³-hybridized carbons (Fsp3) is 0.677. The Kier molecular flexibility index (Phi) is 5.24. The summed E-state index contributed by atoms with van der Waals surface area (Å²) in [6.45, 7) is 13.8. The van der Waals surface area contributed by atoms with E-state index in [1.807, 2.05) is 13.0 Å². The molecule has 0 aliphatic heterocycles. The third kappa shape index (κ3) is 2.92. The molecular formula is C31H43NO3. The first-order chi connectivity index (χ1) is 16.3. The van der Waals surface area contributed by atoms with Crippen molar-refractivity contribution in [2.75, 3.05) is 7.11 Å². The molecule has 3 saturated carbocycles. The number of methoxy groups -OCH3 is 1. The number of hydrogen-bond donors (Lipinski definition) is 1. The van der Waals surface area contributed by atoms with E-state index >= 15 is 0 Å². The molecule has 0 unspecified atom stereocenters. The Bertz CT molecular complexity index is 1140. The van der Waals surface area contributed by atoms with E-state index in [9.17, 15) is 9.59 Å². The van der Waals surface area contributed by atoms with Crippen molar-refractivity contribution in [2.24, 2.45) is 38.7 Å². The normalized spacial score (nSPS) is 44.7. The molecule has 5 aliphatic carbocycles. The number of ketones is 1. The second-order valence-corrected chi connectivity index (χ2v) is 13.3. The van der Waals surface area contributed by atoms with Crippen LogP contribution in [0.5, 0.6) is 0 Å². The van der Waals surface area contributed by atoms with Crippen molar-refractivity contribution < 1.29 is 14.3 Å². The van der Waals surface area contributed by atoms with Gasteiger partial charge in [-0.2, -0.15) is 0 Å². The van der Waals surface area contributed by atoms with Crippen LogP contribution in [0.2, 0.25) is 0 Å². The number of amides is 1. The van der Waals surface area contributed by atoms with Gasteiger partial charge in [-0.25, -0.2) is 0 Å². The van der Waals surface area contributed by atoms with E-state index in [2.05, 4.69) is 46.8 Å². The number of allylic oxidation sites excluding steroid dienone is 7. The highest BCUT2D eigenvalue weighted by Gasteiger charge is 2.68. The molecular weight excluding hydrogens is 434 g/mol. The lowest BCUT2D eigenvalue weighted by Gasteiger charge is -2.71. The summed E-state index contributed by atoms with van der Waals surface area (Å²) in [6, 6.07) is 0. The molecule has 0 saturated heterocycles. The molecule has 35 heavy (non-hydrogen) atoms. The van der Waals surface area contributed by atoms with Gasteiger partial charge in [-0.15, -0.1) is 0 Å². The van der Waals surface area contributed by atoms with E-state index in [4.69, 9.17) is 10.5 Å². The van der Waals surface area contributed by atoms with Gasteiger partial charge in [0.1, 0.15) is 0 Å². The predicted octanol–water partition coefficient (Wildman–Crippen LogP) is 6.58. The molecule has 0 heterocycles. The van der Waals surface area contributed by atoms with Crippen molar-refractivity contribution in [3.63, 3.8) is 0 Å². The third-order valence-corrected chi connectivity index (χ3v) is 11.9. The zero-order valence-electron chi connectivity index (χ0n) is 22.8. The summed E-state index contributed by atoms with van der Waals surface area (Å²) in [7, 11) is 1.59. The molecule has 4 nitrogen and oxygen atoms in total. The van der Waals surface area contributed by atoms with Gasteiger partial charge in [0, 0.05) is 16.4 Å². The number of hydrogen-bond acceptors (Lipinski definition) is 3. The average molecular weight is 478 g/mol. The first-order valence-electron chi connectivity index (χ1n) is 13.6. The molecule has 0 spiro atoms. The SMILES string of the molecule is CC[C@@]12CC[C@@]3(C)C4=CC(=O)C(OC)=C(C)C4=CC=C3[C@@]1(C)CC[C@@]1(C)CC[C@@](C)(C(N)=O)C[C@H]12. The largest absolute Gasteiger partial charge is 0.492 e. The summed E-state index contributed by atoms with van der Waals surface area (Å²) in [5, 5.41) is 0. The van der Waals surface area contributed by atoms with Crippen LogP contribution in [0.4, 0.5) is 0 Å². The molecule has 4 heteroatoms. The molecule has 2 N–H and O–H groups in total. The van der Waals surface area contributed by atoms with Gasteiger partial charge in [0.15, 0.2) is 5.76 Å². The Balaban J connectivity index is 1.67. The maximum Gasteiger partial charge on any atom is 0.223 e. The van der Waals surface area contributed by atoms with Gasteiger partial charge in [0.05, 0.1) is 7.11 Å². The van der Waals surface area contributed by atoms with Crippen LogP contribution < -0.4 is 5.73 Å². The van der Waals surface area contributed by atoms with Gasteiger partial charge in [-0.3, -0.25) is 9.59 Å². The smallest absolute Gasteiger partial charge is 0.223 e. The molecule has 1 amide bonds. The van der Waals surface area contributed by atoms with Crippen LogP contribution in [0.1, 0.15) is 92.9 Å². The monoisotopic (exact) mass is 477 g/mol. The first kappa shape index (κ1) is 24.6. The zero-order valence-corrected chi connectivity index (χ0v) is 22.8. The molecule has 6 atom stereocenters. The van der Waals surface area contributed by atoms with Crippen LogP contribution in [-0.2, 0) is 14.3 Å². The molecule has 0 radical (unpaired) electrons. The van der Waals surface area contributed by atoms with E-state index in [1.165, 1.54) is 17.6 Å². The van der Waals surface area contributed by atoms with Gasteiger partial charge in [0.2, 0.25) is 11.7 Å². The van der Waals surface area contributed by atoms with E-state index in [-0.39, 0.29) is 33.4 Å². The summed E-state index contributed by atoms with van der Waals surface area (Å²) in [5.41, 5.74) is 10.6. The van der Waals surface area contributed by atoms with Gasteiger partial charge in [0.25, 0.3) is 0 Å². The quantitative estimate of drug-likeness (QED) is 0.499.